The van der Waals surface area contributed by atoms with Gasteiger partial charge in [-0.1, -0.05) is 6.92 Å². The summed E-state index contributed by atoms with van der Waals surface area (Å²) in [5.74, 6) is 1.30. The Bertz CT molecular complexity index is 538. The van der Waals surface area contributed by atoms with Crippen LogP contribution in [0.3, 0.4) is 0 Å². The number of aromatic nitrogens is 3. The van der Waals surface area contributed by atoms with E-state index in [0.29, 0.717) is 16.6 Å². The summed E-state index contributed by atoms with van der Waals surface area (Å²) in [6, 6.07) is 3.66. The van der Waals surface area contributed by atoms with Crippen molar-refractivity contribution in [3.63, 3.8) is 0 Å². The van der Waals surface area contributed by atoms with Gasteiger partial charge in [-0.15, -0.1) is 0 Å². The number of hydrogen-bond acceptors (Lipinski definition) is 6. The van der Waals surface area contributed by atoms with Crippen LogP contribution in [0.5, 0.6) is 5.75 Å². The molecule has 0 spiro atoms. The Labute approximate surface area is 110 Å². The molecule has 0 bridgehead atoms. The van der Waals surface area contributed by atoms with Crippen molar-refractivity contribution < 1.29 is 4.74 Å². The molecule has 0 aliphatic carbocycles. The van der Waals surface area contributed by atoms with Crippen LogP contribution < -0.4 is 10.5 Å². The number of anilines is 1. The summed E-state index contributed by atoms with van der Waals surface area (Å²) in [5.41, 5.74) is 6.04. The zero-order valence-corrected chi connectivity index (χ0v) is 11.5. The first-order chi connectivity index (χ1) is 8.50. The van der Waals surface area contributed by atoms with Crippen molar-refractivity contribution in [1.29, 1.82) is 0 Å². The van der Waals surface area contributed by atoms with Gasteiger partial charge in [-0.2, -0.15) is 9.36 Å². The lowest BCUT2D eigenvalue weighted by Crippen LogP contribution is -2.26. The van der Waals surface area contributed by atoms with Gasteiger partial charge in [0.1, 0.15) is 17.0 Å². The molecule has 0 saturated heterocycles. The zero-order chi connectivity index (χ0) is 13.2. The Morgan fingerprint density at radius 1 is 1.44 bits per heavy atom. The third kappa shape index (κ3) is 2.95. The second kappa shape index (κ2) is 4.89. The molecule has 0 saturated carbocycles. The average Bonchev–Trinajstić information content (AvgIpc) is 2.76. The SMILES string of the molecule is CCC(C)(C)Oc1ccnc(-c2nsc(N)n2)c1. The predicted molar refractivity (Wildman–Crippen MR) is 72.6 cm³/mol. The molecule has 0 atom stereocenters. The van der Waals surface area contributed by atoms with E-state index < -0.39 is 0 Å². The van der Waals surface area contributed by atoms with Gasteiger partial charge in [-0.25, -0.2) is 0 Å². The molecule has 2 aromatic heterocycles. The molecule has 0 amide bonds. The van der Waals surface area contributed by atoms with Crippen LogP contribution in [0.25, 0.3) is 11.5 Å². The van der Waals surface area contributed by atoms with E-state index in [0.717, 1.165) is 23.7 Å². The number of nitrogens with zero attached hydrogens (tertiary/aromatic N) is 3. The molecule has 0 radical (unpaired) electrons. The van der Waals surface area contributed by atoms with Gasteiger partial charge in [0, 0.05) is 23.8 Å². The summed E-state index contributed by atoms with van der Waals surface area (Å²) in [4.78, 5) is 8.33. The summed E-state index contributed by atoms with van der Waals surface area (Å²) in [6.07, 6.45) is 2.61. The minimum absolute atomic E-state index is 0.201. The van der Waals surface area contributed by atoms with Gasteiger partial charge in [0.2, 0.25) is 0 Å². The summed E-state index contributed by atoms with van der Waals surface area (Å²) in [6.45, 7) is 6.18. The highest BCUT2D eigenvalue weighted by atomic mass is 32.1. The van der Waals surface area contributed by atoms with Crippen LogP contribution in [0.4, 0.5) is 5.13 Å². The van der Waals surface area contributed by atoms with E-state index in [1.165, 1.54) is 0 Å². The van der Waals surface area contributed by atoms with Gasteiger partial charge in [0.25, 0.3) is 0 Å². The molecule has 0 aliphatic rings. The number of hydrogen-bond donors (Lipinski definition) is 1. The van der Waals surface area contributed by atoms with E-state index in [4.69, 9.17) is 10.5 Å². The van der Waals surface area contributed by atoms with Crippen LogP contribution in [0.15, 0.2) is 18.3 Å². The molecular formula is C12H16N4OS. The number of ether oxygens (including phenoxy) is 1. The second-order valence-corrected chi connectivity index (χ2v) is 5.33. The fourth-order valence-corrected chi connectivity index (χ4v) is 1.77. The normalized spacial score (nSPS) is 11.5. The molecule has 96 valence electrons. The number of pyridine rings is 1. The minimum Gasteiger partial charge on any atom is -0.488 e. The van der Waals surface area contributed by atoms with Crippen LogP contribution in [-0.4, -0.2) is 19.9 Å². The van der Waals surface area contributed by atoms with Crippen LogP contribution in [0.2, 0.25) is 0 Å². The Kier molecular flexibility index (Phi) is 3.47. The van der Waals surface area contributed by atoms with E-state index in [-0.39, 0.29) is 5.60 Å². The summed E-state index contributed by atoms with van der Waals surface area (Å²) < 4.78 is 10.0. The van der Waals surface area contributed by atoms with Crippen molar-refractivity contribution in [2.45, 2.75) is 32.8 Å². The lowest BCUT2D eigenvalue weighted by atomic mass is 10.1. The van der Waals surface area contributed by atoms with Crippen molar-refractivity contribution in [3.05, 3.63) is 18.3 Å². The molecule has 18 heavy (non-hydrogen) atoms. The Balaban J connectivity index is 2.25. The van der Waals surface area contributed by atoms with Gasteiger partial charge in [-0.3, -0.25) is 4.98 Å². The van der Waals surface area contributed by atoms with Crippen LogP contribution in [-0.2, 0) is 0 Å². The molecule has 0 unspecified atom stereocenters. The maximum absolute atomic E-state index is 5.90. The van der Waals surface area contributed by atoms with E-state index in [9.17, 15) is 0 Å². The second-order valence-electron chi connectivity index (χ2n) is 4.55. The number of rotatable bonds is 4. The quantitative estimate of drug-likeness (QED) is 0.919. The van der Waals surface area contributed by atoms with E-state index in [1.807, 2.05) is 26.0 Å². The Hall–Kier alpha value is -1.69. The number of nitrogens with two attached hydrogens (primary N) is 1. The van der Waals surface area contributed by atoms with E-state index in [1.54, 1.807) is 6.20 Å². The third-order valence-corrected chi connectivity index (χ3v) is 3.19. The molecule has 2 aromatic rings. The lowest BCUT2D eigenvalue weighted by Gasteiger charge is -2.24. The standard InChI is InChI=1S/C12H16N4OS/c1-4-12(2,3)17-8-5-6-14-9(7-8)10-15-11(13)18-16-10/h5-7H,4H2,1-3H3,(H2,13,15,16). The van der Waals surface area contributed by atoms with Crippen molar-refractivity contribution in [2.24, 2.45) is 0 Å². The van der Waals surface area contributed by atoms with Crippen molar-refractivity contribution in [2.75, 3.05) is 5.73 Å². The molecule has 0 aliphatic heterocycles. The minimum atomic E-state index is -0.201. The maximum atomic E-state index is 5.90. The first kappa shape index (κ1) is 12.8. The highest BCUT2D eigenvalue weighted by Gasteiger charge is 2.17. The van der Waals surface area contributed by atoms with Crippen LogP contribution in [0, 0.1) is 0 Å². The Morgan fingerprint density at radius 2 is 2.22 bits per heavy atom. The average molecular weight is 264 g/mol. The molecule has 2 heterocycles. The summed E-state index contributed by atoms with van der Waals surface area (Å²) >= 11 is 1.16. The van der Waals surface area contributed by atoms with Gasteiger partial charge in [-0.05, 0) is 26.3 Å². The van der Waals surface area contributed by atoms with Gasteiger partial charge in [0.05, 0.1) is 0 Å². The molecule has 6 heteroatoms. The van der Waals surface area contributed by atoms with E-state index >= 15 is 0 Å². The monoisotopic (exact) mass is 264 g/mol. The van der Waals surface area contributed by atoms with E-state index in [2.05, 4.69) is 21.3 Å². The largest absolute Gasteiger partial charge is 0.488 e. The molecule has 5 nitrogen and oxygen atoms in total. The number of nitrogen functional groups attached to an aromatic ring is 1. The zero-order valence-electron chi connectivity index (χ0n) is 10.7. The van der Waals surface area contributed by atoms with Gasteiger partial charge >= 0.3 is 0 Å². The maximum Gasteiger partial charge on any atom is 0.200 e. The van der Waals surface area contributed by atoms with Crippen LogP contribution in [0.1, 0.15) is 27.2 Å². The van der Waals surface area contributed by atoms with Crippen LogP contribution >= 0.6 is 11.5 Å². The fourth-order valence-electron chi connectivity index (χ4n) is 1.33. The molecule has 2 N–H and O–H groups in total. The smallest absolute Gasteiger partial charge is 0.200 e. The fraction of sp³-hybridized carbons (Fsp3) is 0.417. The molecule has 0 aromatic carbocycles. The van der Waals surface area contributed by atoms with Crippen molar-refractivity contribution >= 4 is 16.7 Å². The Morgan fingerprint density at radius 3 is 2.83 bits per heavy atom. The highest BCUT2D eigenvalue weighted by molar-refractivity contribution is 7.09. The predicted octanol–water partition coefficient (Wildman–Crippen LogP) is 2.75. The molecule has 2 rings (SSSR count). The van der Waals surface area contributed by atoms with Crippen molar-refractivity contribution in [1.82, 2.24) is 14.3 Å². The molecule has 0 fully saturated rings. The molecular weight excluding hydrogens is 248 g/mol. The van der Waals surface area contributed by atoms with Crippen molar-refractivity contribution in [3.8, 4) is 17.3 Å². The first-order valence-corrected chi connectivity index (χ1v) is 6.52. The topological polar surface area (TPSA) is 73.9 Å². The summed E-state index contributed by atoms with van der Waals surface area (Å²) in [5, 5.41) is 0.437. The van der Waals surface area contributed by atoms with Gasteiger partial charge < -0.3 is 10.5 Å². The lowest BCUT2D eigenvalue weighted by molar-refractivity contribution is 0.105. The first-order valence-electron chi connectivity index (χ1n) is 5.75. The highest BCUT2D eigenvalue weighted by Crippen LogP contribution is 2.25. The third-order valence-electron chi connectivity index (χ3n) is 2.65. The van der Waals surface area contributed by atoms with Gasteiger partial charge in [0.15, 0.2) is 11.0 Å². The summed E-state index contributed by atoms with van der Waals surface area (Å²) in [7, 11) is 0.